The summed E-state index contributed by atoms with van der Waals surface area (Å²) >= 11 is 0. The second-order valence-electron chi connectivity index (χ2n) is 6.55. The average Bonchev–Trinajstić information content (AvgIpc) is 3.09. The second-order valence-corrected chi connectivity index (χ2v) is 6.55. The number of benzene rings is 1. The first-order valence-corrected chi connectivity index (χ1v) is 9.20. The van der Waals surface area contributed by atoms with E-state index in [0.717, 1.165) is 54.9 Å². The largest absolute Gasteiger partial charge is 0.496 e. The summed E-state index contributed by atoms with van der Waals surface area (Å²) in [7, 11) is 3.49. The SMILES string of the molecule is CN=C(NCCc1ccc(C)c(OC)c1)NCc1nnc2n1CCCC2. The van der Waals surface area contributed by atoms with E-state index in [2.05, 4.69) is 55.5 Å². The lowest BCUT2D eigenvalue weighted by Gasteiger charge is -2.16. The first-order chi connectivity index (χ1) is 12.7. The van der Waals surface area contributed by atoms with Crippen molar-refractivity contribution in [2.45, 2.75) is 45.7 Å². The molecule has 140 valence electrons. The number of ether oxygens (including phenoxy) is 1. The molecule has 2 heterocycles. The Morgan fingerprint density at radius 3 is 2.96 bits per heavy atom. The molecule has 0 spiro atoms. The van der Waals surface area contributed by atoms with Crippen molar-refractivity contribution in [3.63, 3.8) is 0 Å². The van der Waals surface area contributed by atoms with Crippen molar-refractivity contribution in [2.24, 2.45) is 4.99 Å². The van der Waals surface area contributed by atoms with Gasteiger partial charge in [-0.1, -0.05) is 12.1 Å². The maximum absolute atomic E-state index is 5.39. The van der Waals surface area contributed by atoms with Gasteiger partial charge in [-0.25, -0.2) is 0 Å². The highest BCUT2D eigenvalue weighted by atomic mass is 16.5. The molecular formula is C19H28N6O. The normalized spacial score (nSPS) is 14.0. The van der Waals surface area contributed by atoms with Crippen LogP contribution in [0.2, 0.25) is 0 Å². The number of fused-ring (bicyclic) bond motifs is 1. The summed E-state index contributed by atoms with van der Waals surface area (Å²) in [5, 5.41) is 15.3. The number of hydrogen-bond acceptors (Lipinski definition) is 4. The van der Waals surface area contributed by atoms with Crippen molar-refractivity contribution in [1.82, 2.24) is 25.4 Å². The van der Waals surface area contributed by atoms with Gasteiger partial charge in [-0.15, -0.1) is 10.2 Å². The average molecular weight is 356 g/mol. The van der Waals surface area contributed by atoms with Gasteiger partial charge in [-0.3, -0.25) is 4.99 Å². The van der Waals surface area contributed by atoms with E-state index in [-0.39, 0.29) is 0 Å². The maximum atomic E-state index is 5.39. The Morgan fingerprint density at radius 2 is 2.15 bits per heavy atom. The Morgan fingerprint density at radius 1 is 1.27 bits per heavy atom. The number of methoxy groups -OCH3 is 1. The number of aliphatic imine (C=N–C) groups is 1. The number of rotatable bonds is 6. The molecule has 26 heavy (non-hydrogen) atoms. The number of aryl methyl sites for hydroxylation is 2. The Kier molecular flexibility index (Phi) is 6.09. The van der Waals surface area contributed by atoms with Gasteiger partial charge in [-0.05, 0) is 43.4 Å². The molecule has 1 aromatic carbocycles. The van der Waals surface area contributed by atoms with Crippen LogP contribution in [0.4, 0.5) is 0 Å². The van der Waals surface area contributed by atoms with Crippen LogP contribution < -0.4 is 15.4 Å². The van der Waals surface area contributed by atoms with Gasteiger partial charge in [0, 0.05) is 26.6 Å². The fraction of sp³-hybridized carbons (Fsp3) is 0.526. The monoisotopic (exact) mass is 356 g/mol. The molecule has 0 saturated carbocycles. The molecule has 0 saturated heterocycles. The molecular weight excluding hydrogens is 328 g/mol. The van der Waals surface area contributed by atoms with Crippen molar-refractivity contribution in [2.75, 3.05) is 20.7 Å². The van der Waals surface area contributed by atoms with E-state index in [1.54, 1.807) is 14.2 Å². The molecule has 3 rings (SSSR count). The van der Waals surface area contributed by atoms with Crippen LogP contribution in [0.5, 0.6) is 5.75 Å². The van der Waals surface area contributed by atoms with Crippen LogP contribution >= 0.6 is 0 Å². The molecule has 1 aliphatic rings. The van der Waals surface area contributed by atoms with E-state index in [0.29, 0.717) is 6.54 Å². The Hall–Kier alpha value is -2.57. The number of nitrogens with one attached hydrogen (secondary N) is 2. The van der Waals surface area contributed by atoms with Gasteiger partial charge in [0.1, 0.15) is 11.6 Å². The minimum absolute atomic E-state index is 0.630. The fourth-order valence-electron chi connectivity index (χ4n) is 3.23. The third-order valence-corrected chi connectivity index (χ3v) is 4.75. The van der Waals surface area contributed by atoms with Crippen molar-refractivity contribution in [3.8, 4) is 5.75 Å². The van der Waals surface area contributed by atoms with Gasteiger partial charge in [0.2, 0.25) is 0 Å². The van der Waals surface area contributed by atoms with Crippen molar-refractivity contribution >= 4 is 5.96 Å². The number of aromatic nitrogens is 3. The van der Waals surface area contributed by atoms with E-state index in [1.807, 2.05) is 0 Å². The zero-order valence-electron chi connectivity index (χ0n) is 15.9. The van der Waals surface area contributed by atoms with Gasteiger partial charge < -0.3 is 19.9 Å². The Balaban J connectivity index is 1.49. The van der Waals surface area contributed by atoms with Crippen molar-refractivity contribution in [3.05, 3.63) is 41.0 Å². The first-order valence-electron chi connectivity index (χ1n) is 9.20. The lowest BCUT2D eigenvalue weighted by Crippen LogP contribution is -2.38. The lowest BCUT2D eigenvalue weighted by atomic mass is 10.1. The van der Waals surface area contributed by atoms with Crippen LogP contribution in [0.1, 0.15) is 35.6 Å². The molecule has 0 bridgehead atoms. The van der Waals surface area contributed by atoms with Gasteiger partial charge in [-0.2, -0.15) is 0 Å². The molecule has 7 heteroatoms. The molecule has 0 unspecified atom stereocenters. The van der Waals surface area contributed by atoms with Crippen LogP contribution in [0.15, 0.2) is 23.2 Å². The third kappa shape index (κ3) is 4.33. The molecule has 1 aliphatic heterocycles. The quantitative estimate of drug-likeness (QED) is 0.610. The highest BCUT2D eigenvalue weighted by Gasteiger charge is 2.15. The Bertz CT molecular complexity index is 767. The summed E-state index contributed by atoms with van der Waals surface area (Å²) in [4.78, 5) is 4.29. The van der Waals surface area contributed by atoms with Gasteiger partial charge in [0.05, 0.1) is 13.7 Å². The molecule has 0 aliphatic carbocycles. The predicted octanol–water partition coefficient (Wildman–Crippen LogP) is 1.84. The standard InChI is InChI=1S/C19H28N6O/c1-14-7-8-15(12-16(14)26-3)9-10-21-19(20-2)22-13-18-24-23-17-6-4-5-11-25(17)18/h7-8,12H,4-6,9-11,13H2,1-3H3,(H2,20,21,22). The topological polar surface area (TPSA) is 76.4 Å². The number of nitrogens with zero attached hydrogens (tertiary/aromatic N) is 4. The van der Waals surface area contributed by atoms with Crippen LogP contribution in [-0.4, -0.2) is 41.4 Å². The molecule has 1 aromatic heterocycles. The van der Waals surface area contributed by atoms with Crippen molar-refractivity contribution < 1.29 is 4.74 Å². The van der Waals surface area contributed by atoms with Gasteiger partial charge in [0.15, 0.2) is 11.8 Å². The summed E-state index contributed by atoms with van der Waals surface area (Å²) in [5.41, 5.74) is 2.39. The number of guanidine groups is 1. The molecule has 0 radical (unpaired) electrons. The maximum Gasteiger partial charge on any atom is 0.191 e. The van der Waals surface area contributed by atoms with Crippen molar-refractivity contribution in [1.29, 1.82) is 0 Å². The lowest BCUT2D eigenvalue weighted by molar-refractivity contribution is 0.411. The van der Waals surface area contributed by atoms with Gasteiger partial charge in [0.25, 0.3) is 0 Å². The molecule has 0 atom stereocenters. The predicted molar refractivity (Wildman–Crippen MR) is 103 cm³/mol. The molecule has 7 nitrogen and oxygen atoms in total. The van der Waals surface area contributed by atoms with E-state index >= 15 is 0 Å². The van der Waals surface area contributed by atoms with E-state index in [9.17, 15) is 0 Å². The summed E-state index contributed by atoms with van der Waals surface area (Å²) in [6.45, 7) is 4.49. The van der Waals surface area contributed by atoms with Crippen LogP contribution in [0, 0.1) is 6.92 Å². The van der Waals surface area contributed by atoms with Crippen LogP contribution in [0.25, 0.3) is 0 Å². The van der Waals surface area contributed by atoms with Crippen LogP contribution in [-0.2, 0) is 25.9 Å². The van der Waals surface area contributed by atoms with Crippen LogP contribution in [0.3, 0.4) is 0 Å². The molecule has 2 N–H and O–H groups in total. The summed E-state index contributed by atoms with van der Waals surface area (Å²) < 4.78 is 7.61. The summed E-state index contributed by atoms with van der Waals surface area (Å²) in [6, 6.07) is 6.32. The number of hydrogen-bond donors (Lipinski definition) is 2. The van der Waals surface area contributed by atoms with E-state index < -0.39 is 0 Å². The summed E-state index contributed by atoms with van der Waals surface area (Å²) in [5.74, 6) is 3.79. The minimum atomic E-state index is 0.630. The molecule has 0 amide bonds. The van der Waals surface area contributed by atoms with Gasteiger partial charge >= 0.3 is 0 Å². The zero-order chi connectivity index (χ0) is 18.4. The molecule has 2 aromatic rings. The van der Waals surface area contributed by atoms with E-state index in [4.69, 9.17) is 4.74 Å². The minimum Gasteiger partial charge on any atom is -0.496 e. The first kappa shape index (κ1) is 18.2. The second kappa shape index (κ2) is 8.69. The Labute approximate surface area is 154 Å². The third-order valence-electron chi connectivity index (χ3n) is 4.75. The zero-order valence-corrected chi connectivity index (χ0v) is 15.9. The van der Waals surface area contributed by atoms with E-state index in [1.165, 1.54) is 18.4 Å². The fourth-order valence-corrected chi connectivity index (χ4v) is 3.23. The highest BCUT2D eigenvalue weighted by Crippen LogP contribution is 2.19. The summed E-state index contributed by atoms with van der Waals surface area (Å²) in [6.07, 6.45) is 4.33. The molecule has 0 fully saturated rings. The smallest absolute Gasteiger partial charge is 0.191 e. The highest BCUT2D eigenvalue weighted by molar-refractivity contribution is 5.79.